The summed E-state index contributed by atoms with van der Waals surface area (Å²) >= 11 is 8.33. The Morgan fingerprint density at radius 1 is 1.17 bits per heavy atom. The fourth-order valence-electron chi connectivity index (χ4n) is 1.49. The van der Waals surface area contributed by atoms with Crippen molar-refractivity contribution in [1.82, 2.24) is 0 Å². The fraction of sp³-hybridized carbons (Fsp3) is 0.0714. The highest BCUT2D eigenvalue weighted by Crippen LogP contribution is 2.16. The molecule has 0 atom stereocenters. The smallest absolute Gasteiger partial charge is 0.120 e. The molecule has 2 rings (SSSR count). The number of rotatable bonds is 4. The molecule has 18 heavy (non-hydrogen) atoms. The van der Waals surface area contributed by atoms with Gasteiger partial charge in [-0.25, -0.2) is 0 Å². The van der Waals surface area contributed by atoms with Crippen LogP contribution >= 0.6 is 28.1 Å². The Balaban J connectivity index is 2.04. The second-order valence-corrected chi connectivity index (χ2v) is 5.16. The molecular weight excluding hydrogens is 310 g/mol. The third-order valence-electron chi connectivity index (χ3n) is 2.44. The van der Waals surface area contributed by atoms with Crippen LogP contribution in [0.1, 0.15) is 11.1 Å². The van der Waals surface area contributed by atoms with Gasteiger partial charge in [-0.1, -0.05) is 52.4 Å². The van der Waals surface area contributed by atoms with Gasteiger partial charge < -0.3 is 10.5 Å². The second kappa shape index (κ2) is 5.98. The van der Waals surface area contributed by atoms with E-state index in [1.54, 1.807) is 0 Å². The Morgan fingerprint density at radius 3 is 2.56 bits per heavy atom. The molecule has 0 aliphatic carbocycles. The number of thiocarbonyl (C=S) groups is 1. The lowest BCUT2D eigenvalue weighted by Gasteiger charge is -2.07. The SMILES string of the molecule is NC(=S)c1cccc(OCc2ccc(Br)cc2)c1. The monoisotopic (exact) mass is 321 g/mol. The molecule has 0 bridgehead atoms. The number of halogens is 1. The molecule has 2 aromatic rings. The Morgan fingerprint density at radius 2 is 1.89 bits per heavy atom. The molecule has 0 saturated heterocycles. The molecule has 2 aromatic carbocycles. The highest BCUT2D eigenvalue weighted by Gasteiger charge is 2.00. The minimum absolute atomic E-state index is 0.379. The summed E-state index contributed by atoms with van der Waals surface area (Å²) in [7, 11) is 0. The average Bonchev–Trinajstić information content (AvgIpc) is 2.38. The van der Waals surface area contributed by atoms with Gasteiger partial charge in [0.1, 0.15) is 17.3 Å². The van der Waals surface area contributed by atoms with Crippen molar-refractivity contribution in [1.29, 1.82) is 0 Å². The Labute approximate surface area is 120 Å². The average molecular weight is 322 g/mol. The first kappa shape index (κ1) is 13.1. The highest BCUT2D eigenvalue weighted by molar-refractivity contribution is 9.10. The van der Waals surface area contributed by atoms with E-state index in [1.165, 1.54) is 0 Å². The maximum absolute atomic E-state index is 5.69. The van der Waals surface area contributed by atoms with E-state index in [2.05, 4.69) is 15.9 Å². The van der Waals surface area contributed by atoms with Gasteiger partial charge >= 0.3 is 0 Å². The third-order valence-corrected chi connectivity index (χ3v) is 3.20. The van der Waals surface area contributed by atoms with Crippen LogP contribution < -0.4 is 10.5 Å². The van der Waals surface area contributed by atoms with E-state index in [1.807, 2.05) is 48.5 Å². The van der Waals surface area contributed by atoms with Gasteiger partial charge in [0.2, 0.25) is 0 Å². The summed E-state index contributed by atoms with van der Waals surface area (Å²) in [5.41, 5.74) is 7.51. The molecule has 0 aromatic heterocycles. The molecule has 0 spiro atoms. The van der Waals surface area contributed by atoms with Crippen LogP contribution in [0.15, 0.2) is 53.0 Å². The number of hydrogen-bond acceptors (Lipinski definition) is 2. The quantitative estimate of drug-likeness (QED) is 0.873. The molecule has 2 N–H and O–H groups in total. The lowest BCUT2D eigenvalue weighted by molar-refractivity contribution is 0.306. The zero-order chi connectivity index (χ0) is 13.0. The molecule has 92 valence electrons. The molecule has 0 unspecified atom stereocenters. The van der Waals surface area contributed by atoms with Crippen molar-refractivity contribution in [2.45, 2.75) is 6.61 Å². The highest BCUT2D eigenvalue weighted by atomic mass is 79.9. The van der Waals surface area contributed by atoms with E-state index in [0.29, 0.717) is 11.6 Å². The van der Waals surface area contributed by atoms with Crippen LogP contribution in [0.2, 0.25) is 0 Å². The van der Waals surface area contributed by atoms with Gasteiger partial charge in [0.15, 0.2) is 0 Å². The first-order chi connectivity index (χ1) is 8.65. The number of nitrogens with two attached hydrogens (primary N) is 1. The zero-order valence-electron chi connectivity index (χ0n) is 9.60. The predicted octanol–water partition coefficient (Wildman–Crippen LogP) is 3.66. The maximum atomic E-state index is 5.69. The van der Waals surface area contributed by atoms with Crippen LogP contribution in [-0.2, 0) is 6.61 Å². The van der Waals surface area contributed by atoms with Crippen LogP contribution in [-0.4, -0.2) is 4.99 Å². The molecule has 0 aliphatic rings. The third kappa shape index (κ3) is 3.55. The molecule has 0 fully saturated rings. The van der Waals surface area contributed by atoms with Crippen molar-refractivity contribution >= 4 is 33.1 Å². The Bertz CT molecular complexity index is 554. The molecule has 4 heteroatoms. The minimum Gasteiger partial charge on any atom is -0.489 e. The predicted molar refractivity (Wildman–Crippen MR) is 80.8 cm³/mol. The lowest BCUT2D eigenvalue weighted by Crippen LogP contribution is -2.09. The number of benzene rings is 2. The number of ether oxygens (including phenoxy) is 1. The van der Waals surface area contributed by atoms with E-state index in [9.17, 15) is 0 Å². The molecule has 0 saturated carbocycles. The van der Waals surface area contributed by atoms with Gasteiger partial charge in [-0.2, -0.15) is 0 Å². The summed E-state index contributed by atoms with van der Waals surface area (Å²) in [6.07, 6.45) is 0. The van der Waals surface area contributed by atoms with Crippen LogP contribution in [0, 0.1) is 0 Å². The summed E-state index contributed by atoms with van der Waals surface area (Å²) in [4.78, 5) is 0.379. The van der Waals surface area contributed by atoms with Crippen molar-refractivity contribution in [3.8, 4) is 5.75 Å². The van der Waals surface area contributed by atoms with Crippen molar-refractivity contribution in [2.75, 3.05) is 0 Å². The Hall–Kier alpha value is -1.39. The van der Waals surface area contributed by atoms with Crippen LogP contribution in [0.5, 0.6) is 5.75 Å². The number of hydrogen-bond donors (Lipinski definition) is 1. The normalized spacial score (nSPS) is 10.1. The fourth-order valence-corrected chi connectivity index (χ4v) is 1.88. The van der Waals surface area contributed by atoms with E-state index in [0.717, 1.165) is 21.3 Å². The van der Waals surface area contributed by atoms with Gasteiger partial charge in [0.25, 0.3) is 0 Å². The minimum atomic E-state index is 0.379. The van der Waals surface area contributed by atoms with Crippen LogP contribution in [0.3, 0.4) is 0 Å². The summed E-state index contributed by atoms with van der Waals surface area (Å²) in [6.45, 7) is 0.522. The van der Waals surface area contributed by atoms with Crippen molar-refractivity contribution in [3.63, 3.8) is 0 Å². The zero-order valence-corrected chi connectivity index (χ0v) is 12.0. The maximum Gasteiger partial charge on any atom is 0.120 e. The topological polar surface area (TPSA) is 35.2 Å². The molecular formula is C14H12BrNOS. The van der Waals surface area contributed by atoms with Crippen molar-refractivity contribution in [3.05, 3.63) is 64.1 Å². The molecule has 0 heterocycles. The van der Waals surface area contributed by atoms with Gasteiger partial charge in [-0.05, 0) is 29.8 Å². The van der Waals surface area contributed by atoms with E-state index in [4.69, 9.17) is 22.7 Å². The van der Waals surface area contributed by atoms with E-state index < -0.39 is 0 Å². The summed E-state index contributed by atoms with van der Waals surface area (Å²) in [6, 6.07) is 15.5. The molecule has 0 amide bonds. The lowest BCUT2D eigenvalue weighted by atomic mass is 10.2. The second-order valence-electron chi connectivity index (χ2n) is 3.81. The van der Waals surface area contributed by atoms with Crippen LogP contribution in [0.25, 0.3) is 0 Å². The summed E-state index contributed by atoms with van der Waals surface area (Å²) in [5, 5.41) is 0. The first-order valence-corrected chi connectivity index (χ1v) is 6.62. The van der Waals surface area contributed by atoms with Crippen LogP contribution in [0.4, 0.5) is 0 Å². The van der Waals surface area contributed by atoms with Gasteiger partial charge in [-0.15, -0.1) is 0 Å². The van der Waals surface area contributed by atoms with Crippen molar-refractivity contribution in [2.24, 2.45) is 5.73 Å². The molecule has 2 nitrogen and oxygen atoms in total. The van der Waals surface area contributed by atoms with Gasteiger partial charge in [0.05, 0.1) is 0 Å². The molecule has 0 aliphatic heterocycles. The summed E-state index contributed by atoms with van der Waals surface area (Å²) in [5.74, 6) is 0.767. The van der Waals surface area contributed by atoms with Gasteiger partial charge in [0, 0.05) is 10.0 Å². The largest absolute Gasteiger partial charge is 0.489 e. The van der Waals surface area contributed by atoms with E-state index in [-0.39, 0.29) is 0 Å². The van der Waals surface area contributed by atoms with Gasteiger partial charge in [-0.3, -0.25) is 0 Å². The molecule has 0 radical (unpaired) electrons. The Kier molecular flexibility index (Phi) is 4.33. The van der Waals surface area contributed by atoms with E-state index >= 15 is 0 Å². The van der Waals surface area contributed by atoms with Crippen molar-refractivity contribution < 1.29 is 4.74 Å². The first-order valence-electron chi connectivity index (χ1n) is 5.42. The summed E-state index contributed by atoms with van der Waals surface area (Å²) < 4.78 is 6.75. The standard InChI is InChI=1S/C14H12BrNOS/c15-12-6-4-10(5-7-12)9-17-13-3-1-2-11(8-13)14(16)18/h1-8H,9H2,(H2,16,18).